The molecule has 1 fully saturated rings. The lowest BCUT2D eigenvalue weighted by Gasteiger charge is -2.44. The highest BCUT2D eigenvalue weighted by atomic mass is 35.5. The van der Waals surface area contributed by atoms with Crippen LogP contribution in [-0.4, -0.2) is 46.2 Å². The molecule has 0 aromatic heterocycles. The van der Waals surface area contributed by atoms with Gasteiger partial charge in [0.25, 0.3) is 0 Å². The maximum Gasteiger partial charge on any atom is 0.352 e. The van der Waals surface area contributed by atoms with Crippen LogP contribution < -0.4 is 16.2 Å². The number of benzene rings is 2. The van der Waals surface area contributed by atoms with Gasteiger partial charge in [-0.25, -0.2) is 10.6 Å². The monoisotopic (exact) mass is 442 g/mol. The number of β-lactam (4-membered cyclic amide) rings is 1. The summed E-state index contributed by atoms with van der Waals surface area (Å²) in [6.45, 7) is 1.54. The van der Waals surface area contributed by atoms with Gasteiger partial charge in [-0.15, -0.1) is 0 Å². The summed E-state index contributed by atoms with van der Waals surface area (Å²) in [5.41, 5.74) is 3.09. The lowest BCUT2D eigenvalue weighted by molar-refractivity contribution is -0.161. The predicted molar refractivity (Wildman–Crippen MR) is 119 cm³/mol. The van der Waals surface area contributed by atoms with Crippen LogP contribution in [0.1, 0.15) is 18.9 Å². The molecular formula is C22H23ClN4O4. The van der Waals surface area contributed by atoms with Crippen molar-refractivity contribution in [2.45, 2.75) is 25.5 Å². The number of hydrogen-bond donors (Lipinski definition) is 4. The van der Waals surface area contributed by atoms with E-state index in [1.807, 2.05) is 24.3 Å². The Morgan fingerprint density at radius 2 is 2.03 bits per heavy atom. The SMILES string of the molecule is CNc1ccccc1N(N)c1cc(Cl)cc(C2=C(C(=O)O)N3C(=O)[C@H]([C@@H](C)O)C3C2)c1. The topological polar surface area (TPSA) is 119 Å². The number of nitrogens with two attached hydrogens (primary N) is 1. The third-order valence-corrected chi connectivity index (χ3v) is 6.09. The summed E-state index contributed by atoms with van der Waals surface area (Å²) in [6, 6.07) is 12.2. The molecule has 2 aromatic carbocycles. The van der Waals surface area contributed by atoms with Crippen LogP contribution in [0.3, 0.4) is 0 Å². The molecule has 5 N–H and O–H groups in total. The minimum absolute atomic E-state index is 0.0701. The van der Waals surface area contributed by atoms with Crippen molar-refractivity contribution in [1.82, 2.24) is 4.90 Å². The smallest absolute Gasteiger partial charge is 0.352 e. The number of halogens is 1. The highest BCUT2D eigenvalue weighted by molar-refractivity contribution is 6.31. The second-order valence-corrected chi connectivity index (χ2v) is 8.15. The van der Waals surface area contributed by atoms with Crippen molar-refractivity contribution < 1.29 is 19.8 Å². The van der Waals surface area contributed by atoms with Crippen LogP contribution in [0.5, 0.6) is 0 Å². The molecule has 0 aliphatic carbocycles. The fraction of sp³-hybridized carbons (Fsp3) is 0.273. The minimum Gasteiger partial charge on any atom is -0.477 e. The fourth-order valence-electron chi connectivity index (χ4n) is 4.45. The molecule has 9 heteroatoms. The number of anilines is 3. The number of hydrogen-bond acceptors (Lipinski definition) is 6. The average Bonchev–Trinajstić information content (AvgIpc) is 3.07. The Labute approximate surface area is 184 Å². The number of nitrogens with zero attached hydrogens (tertiary/aromatic N) is 2. The molecule has 2 aromatic rings. The molecular weight excluding hydrogens is 420 g/mol. The summed E-state index contributed by atoms with van der Waals surface area (Å²) in [5.74, 6) is 4.20. The van der Waals surface area contributed by atoms with E-state index in [9.17, 15) is 19.8 Å². The molecule has 2 aliphatic rings. The summed E-state index contributed by atoms with van der Waals surface area (Å²) >= 11 is 6.37. The summed E-state index contributed by atoms with van der Waals surface area (Å²) in [4.78, 5) is 25.8. The molecule has 2 heterocycles. The number of carboxylic acids is 1. The molecule has 0 saturated carbocycles. The number of amides is 1. The van der Waals surface area contributed by atoms with Gasteiger partial charge in [0.2, 0.25) is 5.91 Å². The number of aliphatic hydroxyl groups excluding tert-OH is 1. The Hall–Kier alpha value is -3.07. The van der Waals surface area contributed by atoms with Crippen molar-refractivity contribution in [2.75, 3.05) is 17.4 Å². The molecule has 162 valence electrons. The third-order valence-electron chi connectivity index (χ3n) is 5.87. The average molecular weight is 443 g/mol. The van der Waals surface area contributed by atoms with Gasteiger partial charge in [0, 0.05) is 12.1 Å². The van der Waals surface area contributed by atoms with Crippen molar-refractivity contribution in [3.05, 3.63) is 58.7 Å². The Balaban J connectivity index is 1.77. The van der Waals surface area contributed by atoms with Crippen molar-refractivity contribution >= 4 is 46.1 Å². The number of carbonyl (C=O) groups is 2. The standard InChI is InChI=1S/C22H23ClN4O4/c1-11(28)19-18-10-15(20(22(30)31)26(18)21(19)29)12-7-13(23)9-14(8-12)27(24)17-6-4-3-5-16(17)25-2/h3-9,11,18-19,25,28H,10,24H2,1-2H3,(H,30,31)/t11-,18?,19-/m1/s1. The van der Waals surface area contributed by atoms with E-state index in [0.717, 1.165) is 5.69 Å². The molecule has 1 saturated heterocycles. The lowest BCUT2D eigenvalue weighted by Crippen LogP contribution is -2.61. The molecule has 0 bridgehead atoms. The maximum atomic E-state index is 12.5. The van der Waals surface area contributed by atoms with Gasteiger partial charge in [-0.05, 0) is 54.8 Å². The Morgan fingerprint density at radius 3 is 2.68 bits per heavy atom. The number of para-hydroxylation sites is 2. The third kappa shape index (κ3) is 3.42. The number of hydrazine groups is 1. The highest BCUT2D eigenvalue weighted by Gasteiger charge is 2.56. The van der Waals surface area contributed by atoms with Crippen molar-refractivity contribution in [3.8, 4) is 0 Å². The molecule has 1 unspecified atom stereocenters. The van der Waals surface area contributed by atoms with Gasteiger partial charge in [-0.3, -0.25) is 9.80 Å². The second-order valence-electron chi connectivity index (χ2n) is 7.71. The van der Waals surface area contributed by atoms with E-state index < -0.39 is 18.0 Å². The van der Waals surface area contributed by atoms with Gasteiger partial charge in [0.15, 0.2) is 0 Å². The van der Waals surface area contributed by atoms with Gasteiger partial charge in [-0.2, -0.15) is 0 Å². The molecule has 31 heavy (non-hydrogen) atoms. The Morgan fingerprint density at radius 1 is 1.32 bits per heavy atom. The quantitative estimate of drug-likeness (QED) is 0.308. The first-order chi connectivity index (χ1) is 14.7. The first kappa shape index (κ1) is 21.2. The summed E-state index contributed by atoms with van der Waals surface area (Å²) < 4.78 is 0. The van der Waals surface area contributed by atoms with Gasteiger partial charge in [0.1, 0.15) is 5.70 Å². The zero-order chi connectivity index (χ0) is 22.4. The van der Waals surface area contributed by atoms with Crippen molar-refractivity contribution in [1.29, 1.82) is 0 Å². The van der Waals surface area contributed by atoms with Gasteiger partial charge < -0.3 is 20.4 Å². The fourth-order valence-corrected chi connectivity index (χ4v) is 4.68. The molecule has 2 aliphatic heterocycles. The van der Waals surface area contributed by atoms with E-state index in [4.69, 9.17) is 17.4 Å². The molecule has 4 rings (SSSR count). The molecule has 0 spiro atoms. The van der Waals surface area contributed by atoms with Gasteiger partial charge in [-0.1, -0.05) is 23.7 Å². The van der Waals surface area contributed by atoms with Crippen LogP contribution in [-0.2, 0) is 9.59 Å². The zero-order valence-electron chi connectivity index (χ0n) is 17.0. The maximum absolute atomic E-state index is 12.5. The lowest BCUT2D eigenvalue weighted by atomic mass is 9.82. The van der Waals surface area contributed by atoms with Crippen LogP contribution in [0.4, 0.5) is 17.1 Å². The number of rotatable bonds is 6. The number of aliphatic carboxylic acids is 1. The minimum atomic E-state index is -1.19. The molecule has 1 amide bonds. The van der Waals surface area contributed by atoms with E-state index in [1.165, 1.54) is 9.91 Å². The number of fused-ring (bicyclic) bond motifs is 1. The summed E-state index contributed by atoms with van der Waals surface area (Å²) in [7, 11) is 1.79. The van der Waals surface area contributed by atoms with E-state index >= 15 is 0 Å². The predicted octanol–water partition coefficient (Wildman–Crippen LogP) is 2.80. The number of nitrogens with one attached hydrogen (secondary N) is 1. The summed E-state index contributed by atoms with van der Waals surface area (Å²) in [5, 5.41) is 24.7. The molecule has 3 atom stereocenters. The highest BCUT2D eigenvalue weighted by Crippen LogP contribution is 2.47. The largest absolute Gasteiger partial charge is 0.477 e. The van der Waals surface area contributed by atoms with Crippen LogP contribution in [0, 0.1) is 5.92 Å². The van der Waals surface area contributed by atoms with Crippen LogP contribution in [0.2, 0.25) is 5.02 Å². The van der Waals surface area contributed by atoms with E-state index in [2.05, 4.69) is 5.32 Å². The van der Waals surface area contributed by atoms with E-state index in [1.54, 1.807) is 32.2 Å². The van der Waals surface area contributed by atoms with E-state index in [0.29, 0.717) is 34.0 Å². The second kappa shape index (κ2) is 7.88. The van der Waals surface area contributed by atoms with Crippen molar-refractivity contribution in [2.24, 2.45) is 11.8 Å². The Bertz CT molecular complexity index is 1100. The molecule has 8 nitrogen and oxygen atoms in total. The zero-order valence-corrected chi connectivity index (χ0v) is 17.8. The first-order valence-corrected chi connectivity index (χ1v) is 10.2. The van der Waals surface area contributed by atoms with Gasteiger partial charge >= 0.3 is 5.97 Å². The van der Waals surface area contributed by atoms with Crippen LogP contribution >= 0.6 is 11.6 Å². The van der Waals surface area contributed by atoms with E-state index in [-0.39, 0.29) is 17.6 Å². The van der Waals surface area contributed by atoms with Crippen molar-refractivity contribution in [3.63, 3.8) is 0 Å². The Kier molecular flexibility index (Phi) is 5.38. The van der Waals surface area contributed by atoms with Crippen LogP contribution in [0.25, 0.3) is 5.57 Å². The molecule has 0 radical (unpaired) electrons. The van der Waals surface area contributed by atoms with Crippen LogP contribution in [0.15, 0.2) is 48.2 Å². The normalized spacial score (nSPS) is 20.9. The number of aliphatic hydroxyl groups is 1. The first-order valence-electron chi connectivity index (χ1n) is 9.84. The number of carbonyl (C=O) groups excluding carboxylic acids is 1. The number of carboxylic acid groups (broad SMARTS) is 1. The summed E-state index contributed by atoms with van der Waals surface area (Å²) in [6.07, 6.45) is -0.531. The van der Waals surface area contributed by atoms with Gasteiger partial charge in [0.05, 0.1) is 35.1 Å².